The van der Waals surface area contributed by atoms with Gasteiger partial charge in [0.2, 0.25) is 11.8 Å². The Morgan fingerprint density at radius 1 is 1.35 bits per heavy atom. The number of carbonyl (C=O) groups is 2. The highest BCUT2D eigenvalue weighted by molar-refractivity contribution is 5.90. The molecule has 2 amide bonds. The molecule has 1 aromatic heterocycles. The van der Waals surface area contributed by atoms with E-state index in [1.165, 1.54) is 19.2 Å². The first-order valence-corrected chi connectivity index (χ1v) is 10.8. The highest BCUT2D eigenvalue weighted by Crippen LogP contribution is 2.30. The number of nitrogens with one attached hydrogen (secondary N) is 3. The molecule has 3 rings (SSSR count). The van der Waals surface area contributed by atoms with E-state index in [2.05, 4.69) is 22.5 Å². The Bertz CT molecular complexity index is 931. The number of likely N-dealkylation sites (tertiary alicyclic amines) is 1. The summed E-state index contributed by atoms with van der Waals surface area (Å²) in [6, 6.07) is 3.51. The molecule has 31 heavy (non-hydrogen) atoms. The minimum atomic E-state index is -0.766. The van der Waals surface area contributed by atoms with Crippen molar-refractivity contribution in [2.45, 2.75) is 57.8 Å². The Labute approximate surface area is 182 Å². The summed E-state index contributed by atoms with van der Waals surface area (Å²) in [6.07, 6.45) is 2.98. The molecule has 170 valence electrons. The van der Waals surface area contributed by atoms with Gasteiger partial charge in [-0.05, 0) is 63.4 Å². The predicted molar refractivity (Wildman–Crippen MR) is 118 cm³/mol. The van der Waals surface area contributed by atoms with E-state index in [1.54, 1.807) is 27.0 Å². The van der Waals surface area contributed by atoms with Crippen molar-refractivity contribution in [3.8, 4) is 0 Å². The average molecular weight is 433 g/mol. The van der Waals surface area contributed by atoms with Crippen molar-refractivity contribution in [3.63, 3.8) is 0 Å². The number of methoxy groups -OCH3 is 1. The molecule has 0 bridgehead atoms. The fourth-order valence-corrected chi connectivity index (χ4v) is 4.25. The number of rotatable bonds is 8. The van der Waals surface area contributed by atoms with Gasteiger partial charge >= 0.3 is 0 Å². The fraction of sp³-hybridized carbons (Fsp3) is 0.565. The number of benzene rings is 1. The van der Waals surface area contributed by atoms with E-state index in [9.17, 15) is 14.0 Å². The summed E-state index contributed by atoms with van der Waals surface area (Å²) in [4.78, 5) is 31.0. The molecule has 2 aromatic rings. The molecule has 3 N–H and O–H groups in total. The van der Waals surface area contributed by atoms with Crippen molar-refractivity contribution in [1.29, 1.82) is 0 Å². The third-order valence-corrected chi connectivity index (χ3v) is 6.56. The quantitative estimate of drug-likeness (QED) is 0.597. The number of likely N-dealkylation sites (N-methyl/N-ethyl adjacent to an activating group) is 1. The molecule has 8 heteroatoms. The van der Waals surface area contributed by atoms with Gasteiger partial charge in [0.15, 0.2) is 0 Å². The lowest BCUT2D eigenvalue weighted by Gasteiger charge is -2.33. The van der Waals surface area contributed by atoms with E-state index in [1.807, 2.05) is 11.1 Å². The minimum Gasteiger partial charge on any atom is -0.379 e. The maximum atomic E-state index is 13.5. The van der Waals surface area contributed by atoms with E-state index in [0.717, 1.165) is 22.9 Å². The first-order valence-electron chi connectivity index (χ1n) is 10.8. The molecule has 0 radical (unpaired) electrons. The van der Waals surface area contributed by atoms with E-state index >= 15 is 0 Å². The minimum absolute atomic E-state index is 0.0123. The summed E-state index contributed by atoms with van der Waals surface area (Å²) in [5.41, 5.74) is 1.80. The van der Waals surface area contributed by atoms with Crippen LogP contribution in [0.3, 0.4) is 0 Å². The summed E-state index contributed by atoms with van der Waals surface area (Å²) in [5, 5.41) is 6.72. The zero-order valence-corrected chi connectivity index (χ0v) is 18.9. The van der Waals surface area contributed by atoms with Gasteiger partial charge in [0.25, 0.3) is 0 Å². The molecule has 5 atom stereocenters. The molecule has 2 heterocycles. The maximum absolute atomic E-state index is 13.5. The normalized spacial score (nSPS) is 21.8. The number of H-pyrrole nitrogens is 1. The Balaban J connectivity index is 1.82. The summed E-state index contributed by atoms with van der Waals surface area (Å²) >= 11 is 0. The van der Waals surface area contributed by atoms with Gasteiger partial charge < -0.3 is 25.3 Å². The highest BCUT2D eigenvalue weighted by Gasteiger charge is 2.40. The molecule has 2 unspecified atom stereocenters. The number of fused-ring (bicyclic) bond motifs is 1. The van der Waals surface area contributed by atoms with Gasteiger partial charge in [0.1, 0.15) is 11.9 Å². The van der Waals surface area contributed by atoms with Crippen molar-refractivity contribution in [1.82, 2.24) is 20.5 Å². The number of amides is 2. The smallest absolute Gasteiger partial charge is 0.248 e. The topological polar surface area (TPSA) is 86.5 Å². The standard InChI is InChI=1S/C23H33FN4O3/c1-13-8-9-28(23(30)21(15(3)31-5)27-22(29)14(2)25-4)20(13)10-16-12-26-19-11-17(24)6-7-18(16)19/h6-7,11-15,20-21,25-26H,8-10H2,1-5H3,(H,27,29)/t13?,14-,15?,20-,21-/m0/s1. The van der Waals surface area contributed by atoms with Crippen LogP contribution in [0.15, 0.2) is 24.4 Å². The van der Waals surface area contributed by atoms with Crippen molar-refractivity contribution >= 4 is 22.7 Å². The van der Waals surface area contributed by atoms with Crippen LogP contribution in [-0.4, -0.2) is 66.6 Å². The third kappa shape index (κ3) is 4.91. The molecule has 1 aliphatic heterocycles. The van der Waals surface area contributed by atoms with E-state index in [4.69, 9.17) is 4.74 Å². The van der Waals surface area contributed by atoms with E-state index in [-0.39, 0.29) is 23.7 Å². The Morgan fingerprint density at radius 3 is 2.77 bits per heavy atom. The lowest BCUT2D eigenvalue weighted by Crippen LogP contribution is -2.58. The number of ether oxygens (including phenoxy) is 1. The molecule has 1 fully saturated rings. The van der Waals surface area contributed by atoms with Gasteiger partial charge in [-0.25, -0.2) is 4.39 Å². The largest absolute Gasteiger partial charge is 0.379 e. The van der Waals surface area contributed by atoms with Crippen molar-refractivity contribution in [3.05, 3.63) is 35.8 Å². The van der Waals surface area contributed by atoms with Gasteiger partial charge in [0.05, 0.1) is 12.1 Å². The number of hydrogen-bond donors (Lipinski definition) is 3. The zero-order chi connectivity index (χ0) is 22.7. The highest BCUT2D eigenvalue weighted by atomic mass is 19.1. The number of nitrogens with zero attached hydrogens (tertiary/aromatic N) is 1. The molecule has 0 spiro atoms. The van der Waals surface area contributed by atoms with Crippen LogP contribution >= 0.6 is 0 Å². The number of hydrogen-bond acceptors (Lipinski definition) is 4. The number of aromatic nitrogens is 1. The van der Waals surface area contributed by atoms with Gasteiger partial charge in [-0.2, -0.15) is 0 Å². The molecule has 0 aliphatic carbocycles. The van der Waals surface area contributed by atoms with Gasteiger partial charge in [-0.15, -0.1) is 0 Å². The molecule has 7 nitrogen and oxygen atoms in total. The summed E-state index contributed by atoms with van der Waals surface area (Å²) in [5.74, 6) is -0.354. The molecule has 1 aliphatic rings. The maximum Gasteiger partial charge on any atom is 0.248 e. The fourth-order valence-electron chi connectivity index (χ4n) is 4.25. The number of aromatic amines is 1. The van der Waals surface area contributed by atoms with Gasteiger partial charge in [-0.1, -0.05) is 6.92 Å². The first-order chi connectivity index (χ1) is 14.8. The van der Waals surface area contributed by atoms with Crippen molar-refractivity contribution in [2.75, 3.05) is 20.7 Å². The predicted octanol–water partition coefficient (Wildman–Crippen LogP) is 2.21. The van der Waals surface area contributed by atoms with Gasteiger partial charge in [-0.3, -0.25) is 9.59 Å². The van der Waals surface area contributed by atoms with E-state index < -0.39 is 18.2 Å². The van der Waals surface area contributed by atoms with Crippen molar-refractivity contribution < 1.29 is 18.7 Å². The van der Waals surface area contributed by atoms with Crippen molar-refractivity contribution in [2.24, 2.45) is 5.92 Å². The monoisotopic (exact) mass is 432 g/mol. The number of halogens is 1. The average Bonchev–Trinajstić information content (AvgIpc) is 3.33. The second kappa shape index (κ2) is 9.78. The van der Waals surface area contributed by atoms with Crippen LogP contribution in [-0.2, 0) is 20.7 Å². The van der Waals surface area contributed by atoms with Crippen LogP contribution in [0.2, 0.25) is 0 Å². The second-order valence-corrected chi connectivity index (χ2v) is 8.51. The molecule has 1 saturated heterocycles. The molecule has 0 saturated carbocycles. The van der Waals surface area contributed by atoms with Crippen LogP contribution in [0.25, 0.3) is 10.9 Å². The lowest BCUT2D eigenvalue weighted by molar-refractivity contribution is -0.141. The lowest BCUT2D eigenvalue weighted by atomic mass is 9.95. The summed E-state index contributed by atoms with van der Waals surface area (Å²) < 4.78 is 19.0. The van der Waals surface area contributed by atoms with Gasteiger partial charge in [0, 0.05) is 36.8 Å². The Morgan fingerprint density at radius 2 is 2.10 bits per heavy atom. The Hall–Kier alpha value is -2.45. The zero-order valence-electron chi connectivity index (χ0n) is 18.9. The first kappa shape index (κ1) is 23.2. The molecular formula is C23H33FN4O3. The van der Waals surface area contributed by atoms with E-state index in [0.29, 0.717) is 18.9 Å². The Kier molecular flexibility index (Phi) is 7.33. The van der Waals surface area contributed by atoms with Crippen LogP contribution < -0.4 is 10.6 Å². The van der Waals surface area contributed by atoms with Crippen LogP contribution in [0.5, 0.6) is 0 Å². The van der Waals surface area contributed by atoms with Crippen LogP contribution in [0.1, 0.15) is 32.8 Å². The van der Waals surface area contributed by atoms with Crippen LogP contribution in [0, 0.1) is 11.7 Å². The SMILES string of the molecule is CN[C@@H](C)C(=O)N[C@H](C(=O)N1CCC(C)[C@@H]1Cc1c[nH]c2cc(F)ccc12)C(C)OC. The van der Waals surface area contributed by atoms with Crippen LogP contribution in [0.4, 0.5) is 4.39 Å². The third-order valence-electron chi connectivity index (χ3n) is 6.56. The summed E-state index contributed by atoms with van der Waals surface area (Å²) in [7, 11) is 3.24. The summed E-state index contributed by atoms with van der Waals surface area (Å²) in [6.45, 7) is 6.30. The number of carbonyl (C=O) groups excluding carboxylic acids is 2. The molecule has 1 aromatic carbocycles. The molecular weight excluding hydrogens is 399 g/mol. The second-order valence-electron chi connectivity index (χ2n) is 8.51.